The first-order chi connectivity index (χ1) is 16.0. The fourth-order valence-corrected chi connectivity index (χ4v) is 6.19. The third-order valence-electron chi connectivity index (χ3n) is 8.19. The standard InChI is InChI=1S/C23H26F2N6O2/c24-22(25)33-19-3-12(5-27-21(19)26)17-4-18(29-23(28-17)31-6-11-1-13(31)2-11)20-15-7-30(8-16(15)20)14-9-32-10-14/h3-5,11,13-16,20,22H,1-2,6-10H2,(H2,26,27)/t11?,13?,15-,16+,20+. The molecule has 0 aromatic carbocycles. The summed E-state index contributed by atoms with van der Waals surface area (Å²) in [7, 11) is 0. The van der Waals surface area contributed by atoms with Crippen LogP contribution in [0.15, 0.2) is 18.3 Å². The van der Waals surface area contributed by atoms with Crippen molar-refractivity contribution in [1.82, 2.24) is 19.9 Å². The second kappa shape index (κ2) is 7.20. The summed E-state index contributed by atoms with van der Waals surface area (Å²) in [6, 6.07) is 4.58. The topological polar surface area (TPSA) is 89.6 Å². The Bertz CT molecular complexity index is 1080. The first kappa shape index (κ1) is 19.8. The SMILES string of the molecule is Nc1ncc(-c2cc([C@H]3[C@@H]4CN(C5COC5)C[C@@H]43)nc(N3CC4CC3C4)n2)cc1OC(F)F. The summed E-state index contributed by atoms with van der Waals surface area (Å²) in [6.07, 6.45) is 3.97. The number of aromatic nitrogens is 3. The third-order valence-corrected chi connectivity index (χ3v) is 8.19. The highest BCUT2D eigenvalue weighted by Gasteiger charge is 2.58. The Hall–Kier alpha value is -2.59. The number of ether oxygens (including phenoxy) is 2. The number of rotatable bonds is 6. The molecule has 4 aliphatic heterocycles. The summed E-state index contributed by atoms with van der Waals surface area (Å²) in [4.78, 5) is 18.8. The molecule has 6 fully saturated rings. The molecule has 8 rings (SSSR count). The second-order valence-corrected chi connectivity index (χ2v) is 10.1. The minimum atomic E-state index is -2.97. The molecule has 0 unspecified atom stereocenters. The van der Waals surface area contributed by atoms with Crippen LogP contribution in [0.1, 0.15) is 24.5 Å². The van der Waals surface area contributed by atoms with Crippen molar-refractivity contribution >= 4 is 11.8 Å². The van der Waals surface area contributed by atoms with Gasteiger partial charge in [-0.15, -0.1) is 0 Å². The predicted molar refractivity (Wildman–Crippen MR) is 116 cm³/mol. The first-order valence-corrected chi connectivity index (χ1v) is 11.7. The van der Waals surface area contributed by atoms with Gasteiger partial charge in [-0.25, -0.2) is 15.0 Å². The van der Waals surface area contributed by atoms with Crippen LogP contribution in [0.2, 0.25) is 0 Å². The van der Waals surface area contributed by atoms with Gasteiger partial charge in [-0.2, -0.15) is 8.78 Å². The van der Waals surface area contributed by atoms with Crippen LogP contribution >= 0.6 is 0 Å². The zero-order chi connectivity index (χ0) is 22.3. The maximum Gasteiger partial charge on any atom is 0.387 e. The van der Waals surface area contributed by atoms with Crippen LogP contribution in [0.5, 0.6) is 5.75 Å². The van der Waals surface area contributed by atoms with Crippen LogP contribution in [-0.2, 0) is 4.74 Å². The Balaban J connectivity index is 1.21. The van der Waals surface area contributed by atoms with Gasteiger partial charge in [-0.3, -0.25) is 4.90 Å². The molecule has 174 valence electrons. The molecule has 4 saturated heterocycles. The molecule has 2 bridgehead atoms. The average molecular weight is 456 g/mol. The van der Waals surface area contributed by atoms with Gasteiger partial charge in [-0.05, 0) is 42.7 Å². The van der Waals surface area contributed by atoms with E-state index in [1.165, 1.54) is 18.9 Å². The van der Waals surface area contributed by atoms with E-state index in [-0.39, 0.29) is 11.6 Å². The molecule has 6 heterocycles. The highest BCUT2D eigenvalue weighted by Crippen LogP contribution is 2.58. The van der Waals surface area contributed by atoms with E-state index in [9.17, 15) is 8.78 Å². The number of hydrogen-bond acceptors (Lipinski definition) is 8. The molecule has 3 atom stereocenters. The molecule has 2 N–H and O–H groups in total. The second-order valence-electron chi connectivity index (χ2n) is 10.1. The molecule has 0 radical (unpaired) electrons. The lowest BCUT2D eigenvalue weighted by Gasteiger charge is -2.35. The monoisotopic (exact) mass is 456 g/mol. The number of nitrogens with two attached hydrogens (primary N) is 1. The van der Waals surface area contributed by atoms with Gasteiger partial charge < -0.3 is 20.1 Å². The van der Waals surface area contributed by atoms with E-state index >= 15 is 0 Å². The third kappa shape index (κ3) is 3.25. The Morgan fingerprint density at radius 1 is 1.06 bits per heavy atom. The van der Waals surface area contributed by atoms with Gasteiger partial charge in [0.15, 0.2) is 11.6 Å². The maximum atomic E-state index is 12.8. The normalized spacial score (nSPS) is 32.6. The molecule has 8 nitrogen and oxygen atoms in total. The van der Waals surface area contributed by atoms with Crippen LogP contribution in [0.25, 0.3) is 11.3 Å². The summed E-state index contributed by atoms with van der Waals surface area (Å²) in [5, 5.41) is 0. The van der Waals surface area contributed by atoms with E-state index in [4.69, 9.17) is 20.4 Å². The van der Waals surface area contributed by atoms with Crippen molar-refractivity contribution in [1.29, 1.82) is 0 Å². The van der Waals surface area contributed by atoms with Gasteiger partial charge in [0.25, 0.3) is 0 Å². The largest absolute Gasteiger partial charge is 0.431 e. The van der Waals surface area contributed by atoms with E-state index in [2.05, 4.69) is 19.5 Å². The maximum absolute atomic E-state index is 12.8. The minimum absolute atomic E-state index is 0.0642. The van der Waals surface area contributed by atoms with Gasteiger partial charge in [0.05, 0.1) is 30.6 Å². The van der Waals surface area contributed by atoms with Crippen molar-refractivity contribution in [3.05, 3.63) is 24.0 Å². The van der Waals surface area contributed by atoms with E-state index in [0.29, 0.717) is 41.1 Å². The van der Waals surface area contributed by atoms with Crippen LogP contribution in [-0.4, -0.2) is 71.4 Å². The zero-order valence-electron chi connectivity index (χ0n) is 18.1. The number of nitrogens with zero attached hydrogens (tertiary/aromatic N) is 5. The molecule has 0 amide bonds. The van der Waals surface area contributed by atoms with Crippen molar-refractivity contribution in [2.45, 2.75) is 37.5 Å². The Morgan fingerprint density at radius 3 is 2.48 bits per heavy atom. The zero-order valence-corrected chi connectivity index (χ0v) is 18.1. The molecule has 2 aromatic rings. The average Bonchev–Trinajstić information content (AvgIpc) is 3.12. The number of hydrogen-bond donors (Lipinski definition) is 1. The van der Waals surface area contributed by atoms with Crippen LogP contribution in [0.3, 0.4) is 0 Å². The molecule has 0 spiro atoms. The molecule has 33 heavy (non-hydrogen) atoms. The number of alkyl halides is 2. The van der Waals surface area contributed by atoms with Crippen LogP contribution in [0, 0.1) is 17.8 Å². The fraction of sp³-hybridized carbons (Fsp3) is 0.609. The number of halogens is 2. The highest BCUT2D eigenvalue weighted by atomic mass is 19.3. The Kier molecular flexibility index (Phi) is 4.33. The Morgan fingerprint density at radius 2 is 1.85 bits per heavy atom. The number of anilines is 2. The smallest absolute Gasteiger partial charge is 0.387 e. The molecular formula is C23H26F2N6O2. The number of fused-ring (bicyclic) bond motifs is 2. The van der Waals surface area contributed by atoms with Gasteiger partial charge >= 0.3 is 6.61 Å². The molecule has 2 aliphatic carbocycles. The lowest BCUT2D eigenvalue weighted by molar-refractivity contribution is -0.0610. The van der Waals surface area contributed by atoms with Gasteiger partial charge in [0.2, 0.25) is 5.95 Å². The minimum Gasteiger partial charge on any atom is -0.431 e. The van der Waals surface area contributed by atoms with Crippen LogP contribution < -0.4 is 15.4 Å². The number of likely N-dealkylation sites (tertiary alicyclic amines) is 1. The highest BCUT2D eigenvalue weighted by molar-refractivity contribution is 5.66. The lowest BCUT2D eigenvalue weighted by atomic mass is 9.86. The summed E-state index contributed by atoms with van der Waals surface area (Å²) >= 11 is 0. The van der Waals surface area contributed by atoms with E-state index < -0.39 is 6.61 Å². The molecule has 6 aliphatic rings. The van der Waals surface area contributed by atoms with Crippen molar-refractivity contribution in [2.24, 2.45) is 17.8 Å². The predicted octanol–water partition coefficient (Wildman–Crippen LogP) is 2.36. The first-order valence-electron chi connectivity index (χ1n) is 11.7. The quantitative estimate of drug-likeness (QED) is 0.709. The van der Waals surface area contributed by atoms with Crippen LogP contribution in [0.4, 0.5) is 20.5 Å². The van der Waals surface area contributed by atoms with E-state index in [1.807, 2.05) is 6.07 Å². The molecule has 2 aromatic heterocycles. The van der Waals surface area contributed by atoms with Crippen molar-refractivity contribution in [2.75, 3.05) is 43.5 Å². The summed E-state index contributed by atoms with van der Waals surface area (Å²) in [5.41, 5.74) is 8.08. The number of piperidine rings is 1. The van der Waals surface area contributed by atoms with Gasteiger partial charge in [0, 0.05) is 43.4 Å². The lowest BCUT2D eigenvalue weighted by Crippen LogP contribution is -2.48. The summed E-state index contributed by atoms with van der Waals surface area (Å²) in [5.74, 6) is 2.91. The van der Waals surface area contributed by atoms with Gasteiger partial charge in [-0.1, -0.05) is 0 Å². The van der Waals surface area contributed by atoms with Crippen molar-refractivity contribution < 1.29 is 18.3 Å². The molecule has 10 heteroatoms. The Labute approximate surface area is 190 Å². The molecular weight excluding hydrogens is 430 g/mol. The summed E-state index contributed by atoms with van der Waals surface area (Å²) in [6.45, 7) is 1.88. The fourth-order valence-electron chi connectivity index (χ4n) is 6.19. The molecule has 2 saturated carbocycles. The number of pyridine rings is 1. The number of nitrogen functional groups attached to an aromatic ring is 1. The van der Waals surface area contributed by atoms with Crippen molar-refractivity contribution in [3.63, 3.8) is 0 Å². The van der Waals surface area contributed by atoms with E-state index in [1.54, 1.807) is 6.20 Å². The summed E-state index contributed by atoms with van der Waals surface area (Å²) < 4.78 is 35.6. The van der Waals surface area contributed by atoms with Gasteiger partial charge in [0.1, 0.15) is 0 Å². The van der Waals surface area contributed by atoms with E-state index in [0.717, 1.165) is 50.4 Å². The van der Waals surface area contributed by atoms with Crippen molar-refractivity contribution in [3.8, 4) is 17.0 Å².